The Balaban J connectivity index is 1.30. The number of rotatable bonds is 5. The summed E-state index contributed by atoms with van der Waals surface area (Å²) in [6.07, 6.45) is 8.10. The number of nitrogens with one attached hydrogen (secondary N) is 1. The summed E-state index contributed by atoms with van der Waals surface area (Å²) in [6.45, 7) is 4.07. The van der Waals surface area contributed by atoms with Gasteiger partial charge >= 0.3 is 6.03 Å². The maximum absolute atomic E-state index is 12.6. The Hall–Kier alpha value is -2.76. The summed E-state index contributed by atoms with van der Waals surface area (Å²) >= 11 is 0. The quantitative estimate of drug-likeness (QED) is 0.863. The van der Waals surface area contributed by atoms with Crippen LogP contribution in [0.15, 0.2) is 48.8 Å². The van der Waals surface area contributed by atoms with E-state index in [1.165, 1.54) is 30.5 Å². The molecule has 1 atom stereocenters. The molecule has 1 aromatic carbocycles. The van der Waals surface area contributed by atoms with Gasteiger partial charge < -0.3 is 19.9 Å². The Morgan fingerprint density at radius 3 is 2.79 bits per heavy atom. The van der Waals surface area contributed by atoms with Crippen LogP contribution in [0.3, 0.4) is 0 Å². The number of ether oxygens (including phenoxy) is 1. The van der Waals surface area contributed by atoms with E-state index in [1.807, 2.05) is 23.1 Å². The van der Waals surface area contributed by atoms with Crippen molar-refractivity contribution in [2.24, 2.45) is 0 Å². The van der Waals surface area contributed by atoms with Gasteiger partial charge in [0.1, 0.15) is 11.9 Å². The summed E-state index contributed by atoms with van der Waals surface area (Å²) in [5, 5.41) is 3.10. The Labute approximate surface area is 166 Å². The first-order valence-electron chi connectivity index (χ1n) is 10.2. The maximum atomic E-state index is 12.6. The minimum atomic E-state index is -0.0225. The van der Waals surface area contributed by atoms with Gasteiger partial charge in [-0.25, -0.2) is 4.79 Å². The molecule has 1 aromatic heterocycles. The lowest BCUT2D eigenvalue weighted by atomic mass is 10.1. The smallest absolute Gasteiger partial charge is 0.317 e. The van der Waals surface area contributed by atoms with E-state index >= 15 is 0 Å². The Morgan fingerprint density at radius 1 is 1.11 bits per heavy atom. The minimum absolute atomic E-state index is 0.0225. The second-order valence-corrected chi connectivity index (χ2v) is 7.50. The molecule has 1 unspecified atom stereocenters. The third kappa shape index (κ3) is 4.55. The predicted octanol–water partition coefficient (Wildman–Crippen LogP) is 3.43. The molecule has 6 nitrogen and oxygen atoms in total. The van der Waals surface area contributed by atoms with Gasteiger partial charge in [-0.2, -0.15) is 0 Å². The van der Waals surface area contributed by atoms with E-state index in [9.17, 15) is 4.79 Å². The van der Waals surface area contributed by atoms with Crippen LogP contribution in [-0.4, -0.2) is 48.2 Å². The molecule has 1 N–H and O–H groups in total. The van der Waals surface area contributed by atoms with Crippen molar-refractivity contribution < 1.29 is 9.53 Å². The second-order valence-electron chi connectivity index (χ2n) is 7.50. The number of urea groups is 1. The van der Waals surface area contributed by atoms with Crippen LogP contribution >= 0.6 is 0 Å². The number of carbonyl (C=O) groups is 1. The summed E-state index contributed by atoms with van der Waals surface area (Å²) in [5.74, 6) is 0.755. The van der Waals surface area contributed by atoms with Gasteiger partial charge in [0.25, 0.3) is 0 Å². The molecule has 2 saturated heterocycles. The molecule has 0 saturated carbocycles. The van der Waals surface area contributed by atoms with Gasteiger partial charge in [0.2, 0.25) is 0 Å². The summed E-state index contributed by atoms with van der Waals surface area (Å²) in [5.41, 5.74) is 2.43. The number of piperidine rings is 1. The number of carbonyl (C=O) groups excluding carboxylic acids is 1. The van der Waals surface area contributed by atoms with E-state index in [-0.39, 0.29) is 12.1 Å². The number of anilines is 1. The number of benzene rings is 1. The van der Waals surface area contributed by atoms with Crippen LogP contribution in [-0.2, 0) is 6.54 Å². The molecule has 6 heteroatoms. The predicted molar refractivity (Wildman–Crippen MR) is 110 cm³/mol. The molecule has 0 aliphatic carbocycles. The molecule has 0 bridgehead atoms. The van der Waals surface area contributed by atoms with E-state index in [0.29, 0.717) is 19.6 Å². The first-order chi connectivity index (χ1) is 13.8. The zero-order chi connectivity index (χ0) is 19.2. The SMILES string of the molecule is O=C(NCc1ccccc1N1CCCCC1)N1CCC(Oc2cccnc2)C1. The summed E-state index contributed by atoms with van der Waals surface area (Å²) in [4.78, 5) is 21.0. The van der Waals surface area contributed by atoms with Crippen molar-refractivity contribution in [1.29, 1.82) is 0 Å². The van der Waals surface area contributed by atoms with Crippen molar-refractivity contribution in [3.05, 3.63) is 54.4 Å². The van der Waals surface area contributed by atoms with E-state index < -0.39 is 0 Å². The molecule has 0 spiro atoms. The number of nitrogens with zero attached hydrogens (tertiary/aromatic N) is 3. The lowest BCUT2D eigenvalue weighted by Gasteiger charge is -2.30. The molecule has 2 fully saturated rings. The second kappa shape index (κ2) is 8.95. The molecule has 2 aliphatic heterocycles. The Morgan fingerprint density at radius 2 is 1.96 bits per heavy atom. The van der Waals surface area contributed by atoms with E-state index in [2.05, 4.69) is 33.4 Å². The summed E-state index contributed by atoms with van der Waals surface area (Å²) in [6, 6.07) is 12.1. The fraction of sp³-hybridized carbons (Fsp3) is 0.455. The molecule has 3 heterocycles. The number of aromatic nitrogens is 1. The molecule has 28 heavy (non-hydrogen) atoms. The Bertz CT molecular complexity index is 777. The topological polar surface area (TPSA) is 57.7 Å². The molecular weight excluding hydrogens is 352 g/mol. The zero-order valence-corrected chi connectivity index (χ0v) is 16.2. The lowest BCUT2D eigenvalue weighted by molar-refractivity contribution is 0.186. The lowest BCUT2D eigenvalue weighted by Crippen LogP contribution is -2.39. The molecule has 2 aromatic rings. The highest BCUT2D eigenvalue weighted by atomic mass is 16.5. The van der Waals surface area contributed by atoms with Crippen molar-refractivity contribution >= 4 is 11.7 Å². The molecule has 148 valence electrons. The van der Waals surface area contributed by atoms with Gasteiger partial charge in [0, 0.05) is 44.5 Å². The van der Waals surface area contributed by atoms with Gasteiger partial charge in [-0.3, -0.25) is 4.98 Å². The molecule has 0 radical (unpaired) electrons. The fourth-order valence-electron chi connectivity index (χ4n) is 4.00. The van der Waals surface area contributed by atoms with E-state index in [0.717, 1.165) is 25.3 Å². The molecule has 4 rings (SSSR count). The third-order valence-electron chi connectivity index (χ3n) is 5.49. The van der Waals surface area contributed by atoms with Crippen LogP contribution in [0.1, 0.15) is 31.2 Å². The van der Waals surface area contributed by atoms with Crippen molar-refractivity contribution in [3.8, 4) is 5.75 Å². The summed E-state index contributed by atoms with van der Waals surface area (Å²) in [7, 11) is 0. The van der Waals surface area contributed by atoms with Crippen molar-refractivity contribution in [2.45, 2.75) is 38.3 Å². The van der Waals surface area contributed by atoms with Gasteiger partial charge in [-0.15, -0.1) is 0 Å². The molecule has 2 aliphatic rings. The van der Waals surface area contributed by atoms with Crippen LogP contribution < -0.4 is 15.0 Å². The van der Waals surface area contributed by atoms with Crippen LogP contribution in [0.4, 0.5) is 10.5 Å². The highest BCUT2D eigenvalue weighted by molar-refractivity contribution is 5.75. The molecular formula is C22H28N4O2. The highest BCUT2D eigenvalue weighted by Gasteiger charge is 2.27. The number of hydrogen-bond donors (Lipinski definition) is 1. The van der Waals surface area contributed by atoms with Gasteiger partial charge in [0.15, 0.2) is 0 Å². The minimum Gasteiger partial charge on any atom is -0.487 e. The first kappa shape index (κ1) is 18.6. The summed E-state index contributed by atoms with van der Waals surface area (Å²) < 4.78 is 5.93. The maximum Gasteiger partial charge on any atom is 0.317 e. The third-order valence-corrected chi connectivity index (χ3v) is 5.49. The first-order valence-corrected chi connectivity index (χ1v) is 10.2. The van der Waals surface area contributed by atoms with E-state index in [1.54, 1.807) is 12.4 Å². The number of amides is 2. The van der Waals surface area contributed by atoms with E-state index in [4.69, 9.17) is 4.74 Å². The van der Waals surface area contributed by atoms with Crippen LogP contribution in [0.25, 0.3) is 0 Å². The van der Waals surface area contributed by atoms with Crippen LogP contribution in [0, 0.1) is 0 Å². The Kier molecular flexibility index (Phi) is 5.95. The van der Waals surface area contributed by atoms with Gasteiger partial charge in [-0.1, -0.05) is 18.2 Å². The monoisotopic (exact) mass is 380 g/mol. The van der Waals surface area contributed by atoms with Crippen LogP contribution in [0.5, 0.6) is 5.75 Å². The number of likely N-dealkylation sites (tertiary alicyclic amines) is 1. The molecule has 2 amide bonds. The zero-order valence-electron chi connectivity index (χ0n) is 16.2. The highest BCUT2D eigenvalue weighted by Crippen LogP contribution is 2.24. The number of para-hydroxylation sites is 1. The van der Waals surface area contributed by atoms with Gasteiger partial charge in [0.05, 0.1) is 12.7 Å². The van der Waals surface area contributed by atoms with Gasteiger partial charge in [-0.05, 0) is 43.0 Å². The van der Waals surface area contributed by atoms with Crippen LogP contribution in [0.2, 0.25) is 0 Å². The van der Waals surface area contributed by atoms with Crippen molar-refractivity contribution in [2.75, 3.05) is 31.1 Å². The standard InChI is InChI=1S/C22H28N4O2/c27-22(26-14-10-20(17-26)28-19-8-6-11-23-16-19)24-15-18-7-2-3-9-21(18)25-12-4-1-5-13-25/h2-3,6-9,11,16,20H,1,4-5,10,12-15,17H2,(H,24,27). The average molecular weight is 380 g/mol. The largest absolute Gasteiger partial charge is 0.487 e. The fourth-order valence-corrected chi connectivity index (χ4v) is 4.00. The normalized spacial score (nSPS) is 19.5. The number of pyridine rings is 1. The van der Waals surface area contributed by atoms with Crippen molar-refractivity contribution in [1.82, 2.24) is 15.2 Å². The number of hydrogen-bond acceptors (Lipinski definition) is 4. The average Bonchev–Trinajstić information content (AvgIpc) is 3.22. The van der Waals surface area contributed by atoms with Crippen molar-refractivity contribution in [3.63, 3.8) is 0 Å².